The molecule has 14 heavy (non-hydrogen) atoms. The fraction of sp³-hybridized carbons (Fsp3) is 1.00. The fourth-order valence-corrected chi connectivity index (χ4v) is 1.74. The first-order valence-electron chi connectivity index (χ1n) is 5.59. The van der Waals surface area contributed by atoms with Gasteiger partial charge in [-0.1, -0.05) is 0 Å². The Balaban J connectivity index is 2.11. The largest absolute Gasteiger partial charge is 0.381 e. The van der Waals surface area contributed by atoms with Gasteiger partial charge in [-0.3, -0.25) is 0 Å². The van der Waals surface area contributed by atoms with E-state index in [2.05, 4.69) is 26.1 Å². The summed E-state index contributed by atoms with van der Waals surface area (Å²) in [5.74, 6) is 0.691. The molecule has 0 amide bonds. The van der Waals surface area contributed by atoms with Crippen LogP contribution in [0, 0.1) is 5.92 Å². The highest BCUT2D eigenvalue weighted by Gasteiger charge is 2.22. The van der Waals surface area contributed by atoms with Gasteiger partial charge in [0.2, 0.25) is 0 Å². The third-order valence-electron chi connectivity index (χ3n) is 2.91. The van der Waals surface area contributed by atoms with Crippen LogP contribution in [0.3, 0.4) is 0 Å². The molecule has 0 aromatic rings. The third kappa shape index (κ3) is 4.40. The summed E-state index contributed by atoms with van der Waals surface area (Å²) in [5, 5.41) is 3.52. The molecule has 0 spiro atoms. The second-order valence-electron chi connectivity index (χ2n) is 5.11. The molecule has 1 aliphatic heterocycles. The number of ether oxygens (including phenoxy) is 1. The molecule has 1 heterocycles. The van der Waals surface area contributed by atoms with Crippen molar-refractivity contribution in [1.29, 1.82) is 0 Å². The highest BCUT2D eigenvalue weighted by molar-refractivity contribution is 4.78. The lowest BCUT2D eigenvalue weighted by molar-refractivity contribution is 0.178. The maximum atomic E-state index is 5.91. The Morgan fingerprint density at radius 2 is 2.29 bits per heavy atom. The summed E-state index contributed by atoms with van der Waals surface area (Å²) in [4.78, 5) is 0. The topological polar surface area (TPSA) is 47.3 Å². The van der Waals surface area contributed by atoms with Gasteiger partial charge in [0.1, 0.15) is 0 Å². The molecule has 0 aliphatic carbocycles. The lowest BCUT2D eigenvalue weighted by Crippen LogP contribution is -2.40. The zero-order valence-corrected chi connectivity index (χ0v) is 9.68. The van der Waals surface area contributed by atoms with E-state index in [1.165, 1.54) is 6.42 Å². The smallest absolute Gasteiger partial charge is 0.0509 e. The van der Waals surface area contributed by atoms with Gasteiger partial charge in [0.25, 0.3) is 0 Å². The maximum Gasteiger partial charge on any atom is 0.0509 e. The lowest BCUT2D eigenvalue weighted by Gasteiger charge is -2.23. The van der Waals surface area contributed by atoms with Crippen LogP contribution in [0.2, 0.25) is 0 Å². The van der Waals surface area contributed by atoms with E-state index >= 15 is 0 Å². The molecule has 84 valence electrons. The van der Waals surface area contributed by atoms with Crippen molar-refractivity contribution >= 4 is 0 Å². The van der Waals surface area contributed by atoms with Crippen molar-refractivity contribution in [2.75, 3.05) is 19.8 Å². The normalized spacial score (nSPS) is 25.3. The molecule has 3 nitrogen and oxygen atoms in total. The van der Waals surface area contributed by atoms with E-state index in [0.29, 0.717) is 12.0 Å². The minimum absolute atomic E-state index is 0.0567. The average Bonchev–Trinajstić information content (AvgIpc) is 2.53. The summed E-state index contributed by atoms with van der Waals surface area (Å²) in [7, 11) is 0. The van der Waals surface area contributed by atoms with Gasteiger partial charge in [-0.2, -0.15) is 0 Å². The number of nitrogens with one attached hydrogen (secondary N) is 1. The Labute approximate surface area is 87.4 Å². The van der Waals surface area contributed by atoms with E-state index in [9.17, 15) is 0 Å². The average molecular weight is 200 g/mol. The molecule has 1 fully saturated rings. The number of nitrogens with two attached hydrogens (primary N) is 1. The summed E-state index contributed by atoms with van der Waals surface area (Å²) in [6.45, 7) is 9.22. The van der Waals surface area contributed by atoms with Crippen LogP contribution < -0.4 is 11.1 Å². The van der Waals surface area contributed by atoms with Gasteiger partial charge in [0.05, 0.1) is 6.61 Å². The molecule has 3 heteroatoms. The van der Waals surface area contributed by atoms with E-state index < -0.39 is 0 Å². The van der Waals surface area contributed by atoms with Crippen LogP contribution >= 0.6 is 0 Å². The summed E-state index contributed by atoms with van der Waals surface area (Å²) in [6.07, 6.45) is 2.21. The molecular weight excluding hydrogens is 176 g/mol. The monoisotopic (exact) mass is 200 g/mol. The zero-order chi connectivity index (χ0) is 10.6. The van der Waals surface area contributed by atoms with Crippen LogP contribution in [0.4, 0.5) is 0 Å². The number of rotatable bonds is 5. The van der Waals surface area contributed by atoms with Crippen molar-refractivity contribution in [2.45, 2.75) is 45.2 Å². The van der Waals surface area contributed by atoms with Gasteiger partial charge in [-0.05, 0) is 46.1 Å². The molecular formula is C11H24N2O. The fourth-order valence-electron chi connectivity index (χ4n) is 1.74. The third-order valence-corrected chi connectivity index (χ3v) is 2.91. The molecule has 3 N–H and O–H groups in total. The first kappa shape index (κ1) is 12.0. The van der Waals surface area contributed by atoms with E-state index in [0.717, 1.165) is 26.2 Å². The molecule has 1 rings (SSSR count). The molecule has 2 unspecified atom stereocenters. The van der Waals surface area contributed by atoms with Crippen molar-refractivity contribution in [3.8, 4) is 0 Å². The lowest BCUT2D eigenvalue weighted by atomic mass is 9.99. The predicted molar refractivity (Wildman–Crippen MR) is 59.3 cm³/mol. The van der Waals surface area contributed by atoms with Crippen LogP contribution in [0.1, 0.15) is 33.6 Å². The zero-order valence-electron chi connectivity index (χ0n) is 9.68. The molecule has 0 radical (unpaired) electrons. The van der Waals surface area contributed by atoms with Gasteiger partial charge < -0.3 is 15.8 Å². The highest BCUT2D eigenvalue weighted by Crippen LogP contribution is 2.16. The molecule has 0 bridgehead atoms. The summed E-state index contributed by atoms with van der Waals surface area (Å²) in [5.41, 5.74) is 5.85. The Bertz CT molecular complexity index is 159. The van der Waals surface area contributed by atoms with Crippen molar-refractivity contribution in [3.05, 3.63) is 0 Å². The van der Waals surface area contributed by atoms with Gasteiger partial charge in [0, 0.05) is 18.2 Å². The van der Waals surface area contributed by atoms with Gasteiger partial charge in [-0.15, -0.1) is 0 Å². The molecule has 0 aromatic carbocycles. The summed E-state index contributed by atoms with van der Waals surface area (Å²) >= 11 is 0. The molecule has 1 saturated heterocycles. The van der Waals surface area contributed by atoms with Gasteiger partial charge in [0.15, 0.2) is 0 Å². The van der Waals surface area contributed by atoms with Crippen LogP contribution in [0.25, 0.3) is 0 Å². The van der Waals surface area contributed by atoms with E-state index in [1.54, 1.807) is 0 Å². The number of hydrogen-bond acceptors (Lipinski definition) is 3. The SMILES string of the molecule is CC(NCCC(C)(C)N)C1CCOC1. The van der Waals surface area contributed by atoms with Gasteiger partial charge >= 0.3 is 0 Å². The van der Waals surface area contributed by atoms with Crippen molar-refractivity contribution in [1.82, 2.24) is 5.32 Å². The summed E-state index contributed by atoms with van der Waals surface area (Å²) in [6, 6.07) is 0.555. The van der Waals surface area contributed by atoms with Crippen LogP contribution in [-0.4, -0.2) is 31.3 Å². The second-order valence-corrected chi connectivity index (χ2v) is 5.11. The minimum Gasteiger partial charge on any atom is -0.381 e. The van der Waals surface area contributed by atoms with Crippen molar-refractivity contribution < 1.29 is 4.74 Å². The standard InChI is InChI=1S/C11H24N2O/c1-9(10-4-7-14-8-10)13-6-5-11(2,3)12/h9-10,13H,4-8,12H2,1-3H3. The predicted octanol–water partition coefficient (Wildman–Crippen LogP) is 1.13. The Morgan fingerprint density at radius 3 is 2.79 bits per heavy atom. The van der Waals surface area contributed by atoms with Crippen molar-refractivity contribution in [2.24, 2.45) is 11.7 Å². The Morgan fingerprint density at radius 1 is 1.57 bits per heavy atom. The molecule has 0 aromatic heterocycles. The van der Waals surface area contributed by atoms with Crippen molar-refractivity contribution in [3.63, 3.8) is 0 Å². The maximum absolute atomic E-state index is 5.91. The van der Waals surface area contributed by atoms with Gasteiger partial charge in [-0.25, -0.2) is 0 Å². The second kappa shape index (κ2) is 5.10. The number of hydrogen-bond donors (Lipinski definition) is 2. The minimum atomic E-state index is -0.0567. The van der Waals surface area contributed by atoms with Crippen LogP contribution in [0.5, 0.6) is 0 Å². The quantitative estimate of drug-likeness (QED) is 0.699. The molecule has 2 atom stereocenters. The highest BCUT2D eigenvalue weighted by atomic mass is 16.5. The van der Waals surface area contributed by atoms with Crippen LogP contribution in [-0.2, 0) is 4.74 Å². The van der Waals surface area contributed by atoms with E-state index in [4.69, 9.17) is 10.5 Å². The van der Waals surface area contributed by atoms with Crippen LogP contribution in [0.15, 0.2) is 0 Å². The first-order chi connectivity index (χ1) is 6.49. The first-order valence-corrected chi connectivity index (χ1v) is 5.59. The molecule has 0 saturated carbocycles. The van der Waals surface area contributed by atoms with E-state index in [-0.39, 0.29) is 5.54 Å². The Hall–Kier alpha value is -0.120. The summed E-state index contributed by atoms with van der Waals surface area (Å²) < 4.78 is 5.36. The molecule has 1 aliphatic rings. The Kier molecular flexibility index (Phi) is 4.35. The van der Waals surface area contributed by atoms with E-state index in [1.807, 2.05) is 0 Å².